The second-order valence-electron chi connectivity index (χ2n) is 24.4. The second-order valence-corrected chi connectivity index (χ2v) is 24.4. The zero-order valence-electron chi connectivity index (χ0n) is 51.9. The maximum Gasteiger partial charge on any atom is 0.0152 e. The summed E-state index contributed by atoms with van der Waals surface area (Å²) >= 11 is 0. The monoisotopic (exact) mass is 1150 g/mol. The fraction of sp³-hybridized carbons (Fsp3) is 0.250. The Kier molecular flexibility index (Phi) is 24.6. The summed E-state index contributed by atoms with van der Waals surface area (Å²) in [4.78, 5) is 0. The summed E-state index contributed by atoms with van der Waals surface area (Å²) in [5.41, 5.74) is 15.3. The molecule has 0 radical (unpaired) electrons. The molecule has 0 aromatic heterocycles. The van der Waals surface area contributed by atoms with E-state index in [1.165, 1.54) is 86.9 Å². The smallest absolute Gasteiger partial charge is 0.0152 e. The molecule has 8 unspecified atom stereocenters. The molecule has 8 aliphatic carbocycles. The van der Waals surface area contributed by atoms with Crippen LogP contribution in [-0.4, -0.2) is 0 Å². The predicted octanol–water partition coefficient (Wildman–Crippen LogP) is 23.6. The van der Waals surface area contributed by atoms with E-state index in [1.54, 1.807) is 0 Å². The van der Waals surface area contributed by atoms with Gasteiger partial charge in [0.05, 0.1) is 0 Å². The number of benzene rings is 5. The first kappa shape index (κ1) is 62.5. The summed E-state index contributed by atoms with van der Waals surface area (Å²) in [5.74, 6) is 3.28. The van der Waals surface area contributed by atoms with Gasteiger partial charge in [0.2, 0.25) is 0 Å². The van der Waals surface area contributed by atoms with Crippen molar-refractivity contribution in [3.8, 4) is 11.1 Å². The third-order valence-electron chi connectivity index (χ3n) is 18.1. The van der Waals surface area contributed by atoms with Gasteiger partial charge in [0.25, 0.3) is 0 Å². The van der Waals surface area contributed by atoms with Crippen molar-refractivity contribution in [2.75, 3.05) is 0 Å². The SMILES string of the molecule is C1=CCCC=C1.C1=CCCC=C1.C=CC(C/C=C/C1C=CC=CC1)C(C1=CCC(C2=CCC(Cc3ccccc3)C=C2)C=C1)c1ccc(-c2ccc(C(C3=CCCC=C3)C3C=CC(C4C=CC=CC4)=CC3)cc2)cc1.c1ccc(Cc2ccccc2)cc1. The summed E-state index contributed by atoms with van der Waals surface area (Å²) in [6.07, 6.45) is 87.1. The van der Waals surface area contributed by atoms with E-state index in [4.69, 9.17) is 0 Å². The van der Waals surface area contributed by atoms with E-state index in [0.717, 1.165) is 64.2 Å². The van der Waals surface area contributed by atoms with Crippen molar-refractivity contribution >= 4 is 0 Å². The minimum absolute atomic E-state index is 0.231. The summed E-state index contributed by atoms with van der Waals surface area (Å²) in [5, 5.41) is 0. The summed E-state index contributed by atoms with van der Waals surface area (Å²) in [6, 6.07) is 50.9. The topological polar surface area (TPSA) is 0 Å². The van der Waals surface area contributed by atoms with Crippen LogP contribution in [0.3, 0.4) is 0 Å². The minimum Gasteiger partial charge on any atom is -0.103 e. The largest absolute Gasteiger partial charge is 0.103 e. The first-order valence-corrected chi connectivity index (χ1v) is 33.1. The molecular weight excluding hydrogens is 1060 g/mol. The molecule has 0 nitrogen and oxygen atoms in total. The van der Waals surface area contributed by atoms with Crippen LogP contribution >= 0.6 is 0 Å². The Hall–Kier alpha value is -8.58. The van der Waals surface area contributed by atoms with E-state index < -0.39 is 0 Å². The predicted molar refractivity (Wildman–Crippen MR) is 381 cm³/mol. The van der Waals surface area contributed by atoms with Gasteiger partial charge in [-0.2, -0.15) is 0 Å². The van der Waals surface area contributed by atoms with Crippen molar-refractivity contribution in [3.05, 3.63) is 385 Å². The van der Waals surface area contributed by atoms with Crippen LogP contribution in [0.1, 0.15) is 117 Å². The van der Waals surface area contributed by atoms with Gasteiger partial charge in [0, 0.05) is 23.7 Å². The van der Waals surface area contributed by atoms with E-state index >= 15 is 0 Å². The Morgan fingerprint density at radius 1 is 0.409 bits per heavy atom. The Bertz CT molecular complexity index is 3440. The fourth-order valence-corrected chi connectivity index (χ4v) is 13.2. The normalized spacial score (nSPS) is 22.1. The molecule has 0 heteroatoms. The Labute approximate surface area is 529 Å². The van der Waals surface area contributed by atoms with Crippen molar-refractivity contribution < 1.29 is 0 Å². The van der Waals surface area contributed by atoms with E-state index in [2.05, 4.69) is 334 Å². The lowest BCUT2D eigenvalue weighted by molar-refractivity contribution is 0.560. The first-order valence-electron chi connectivity index (χ1n) is 33.1. The lowest BCUT2D eigenvalue weighted by atomic mass is 9.74. The van der Waals surface area contributed by atoms with Crippen LogP contribution in [0.25, 0.3) is 11.1 Å². The summed E-state index contributed by atoms with van der Waals surface area (Å²) in [6.45, 7) is 4.42. The maximum absolute atomic E-state index is 4.42. The van der Waals surface area contributed by atoms with Crippen LogP contribution in [0.4, 0.5) is 0 Å². The van der Waals surface area contributed by atoms with Crippen LogP contribution in [0.15, 0.2) is 357 Å². The van der Waals surface area contributed by atoms with Gasteiger partial charge in [-0.15, -0.1) is 6.58 Å². The van der Waals surface area contributed by atoms with E-state index in [9.17, 15) is 0 Å². The van der Waals surface area contributed by atoms with Gasteiger partial charge in [-0.05, 0) is 175 Å². The van der Waals surface area contributed by atoms with Crippen molar-refractivity contribution in [1.29, 1.82) is 0 Å². The van der Waals surface area contributed by atoms with Gasteiger partial charge < -0.3 is 0 Å². The lowest BCUT2D eigenvalue weighted by Gasteiger charge is -2.30. The van der Waals surface area contributed by atoms with Gasteiger partial charge in [0.1, 0.15) is 0 Å². The van der Waals surface area contributed by atoms with E-state index in [-0.39, 0.29) is 11.8 Å². The molecule has 8 atom stereocenters. The number of hydrogen-bond acceptors (Lipinski definition) is 0. The highest BCUT2D eigenvalue weighted by Crippen LogP contribution is 2.43. The molecule has 13 rings (SSSR count). The molecule has 0 amide bonds. The quantitative estimate of drug-likeness (QED) is 0.0814. The number of rotatable bonds is 17. The molecule has 0 heterocycles. The zero-order chi connectivity index (χ0) is 60.1. The van der Waals surface area contributed by atoms with Crippen molar-refractivity contribution in [3.63, 3.8) is 0 Å². The van der Waals surface area contributed by atoms with Crippen LogP contribution in [0.2, 0.25) is 0 Å². The molecule has 0 spiro atoms. The molecule has 0 fully saturated rings. The molecule has 0 aliphatic heterocycles. The Morgan fingerprint density at radius 3 is 1.45 bits per heavy atom. The standard InChI is InChI=1S/C63H64.C13H12.2C6H8/c1-2-50(25-15-20-47-16-7-3-8-17-47)62(58-38-32-54(33-39-58)52-28-26-49(27-29-52)46-48-18-9-4-10-19-48)59-40-34-55(35-41-59)56-36-44-61(45-37-56)63(57-23-13-6-14-24-57)60-42-30-53(31-43-60)51-21-11-5-12-22-51;1-3-7-12(8-4-1)11-13-9-5-2-6-10-13;2*1-2-4-6-5-3-1/h2-5,7-13,15-16,18-21,23-24,26,28-32,34-42,44-45,47,49-51,54,60,62-63H,1,6,14,17,22,25,27,33,43,46H2;1-10H,11H2;2*1-4H,5-6H2/b20-15+;;;. The highest BCUT2D eigenvalue weighted by atomic mass is 14.3. The maximum atomic E-state index is 4.42. The highest BCUT2D eigenvalue weighted by molar-refractivity contribution is 5.65. The average molecular weight is 1150 g/mol. The van der Waals surface area contributed by atoms with Crippen LogP contribution in [-0.2, 0) is 12.8 Å². The van der Waals surface area contributed by atoms with E-state index in [0.29, 0.717) is 35.5 Å². The van der Waals surface area contributed by atoms with Crippen LogP contribution in [0, 0.1) is 35.5 Å². The third-order valence-corrected chi connectivity index (χ3v) is 18.1. The number of allylic oxidation sites excluding steroid dienone is 35. The molecule has 8 aliphatic rings. The molecule has 5 aromatic carbocycles. The van der Waals surface area contributed by atoms with Gasteiger partial charge in [-0.3, -0.25) is 0 Å². The fourth-order valence-electron chi connectivity index (χ4n) is 13.2. The van der Waals surface area contributed by atoms with Gasteiger partial charge in [-0.1, -0.05) is 328 Å². The second kappa shape index (κ2) is 34.7. The summed E-state index contributed by atoms with van der Waals surface area (Å²) < 4.78 is 0. The molecule has 88 heavy (non-hydrogen) atoms. The van der Waals surface area contributed by atoms with Gasteiger partial charge >= 0.3 is 0 Å². The summed E-state index contributed by atoms with van der Waals surface area (Å²) in [7, 11) is 0. The molecule has 5 aromatic rings. The molecule has 0 saturated carbocycles. The Morgan fingerprint density at radius 2 is 0.966 bits per heavy atom. The lowest BCUT2D eigenvalue weighted by Crippen LogP contribution is -2.16. The zero-order valence-corrected chi connectivity index (χ0v) is 51.9. The molecular formula is C88H92. The van der Waals surface area contributed by atoms with Gasteiger partial charge in [0.15, 0.2) is 0 Å². The molecule has 0 saturated heterocycles. The number of hydrogen-bond donors (Lipinski definition) is 0. The van der Waals surface area contributed by atoms with Crippen LogP contribution < -0.4 is 0 Å². The minimum atomic E-state index is 0.231. The van der Waals surface area contributed by atoms with Crippen molar-refractivity contribution in [1.82, 2.24) is 0 Å². The van der Waals surface area contributed by atoms with Gasteiger partial charge in [-0.25, -0.2) is 0 Å². The third kappa shape index (κ3) is 19.2. The van der Waals surface area contributed by atoms with Crippen LogP contribution in [0.5, 0.6) is 0 Å². The van der Waals surface area contributed by atoms with Crippen molar-refractivity contribution in [2.45, 2.75) is 102 Å². The van der Waals surface area contributed by atoms with E-state index in [1.807, 2.05) is 0 Å². The molecule has 444 valence electrons. The molecule has 0 N–H and O–H groups in total. The van der Waals surface area contributed by atoms with Crippen molar-refractivity contribution in [2.24, 2.45) is 35.5 Å². The highest BCUT2D eigenvalue weighted by Gasteiger charge is 2.28. The average Bonchev–Trinajstić information content (AvgIpc) is 2.91. The first-order chi connectivity index (χ1) is 43.6. The Balaban J connectivity index is 0.000000280. The molecule has 0 bridgehead atoms.